The Balaban J connectivity index is 1.22. The number of rotatable bonds is 9. The number of carbonyl (C=O) groups excluding carboxylic acids is 3. The van der Waals surface area contributed by atoms with E-state index in [-0.39, 0.29) is 31.1 Å². The van der Waals surface area contributed by atoms with Crippen molar-refractivity contribution in [2.45, 2.75) is 114 Å². The van der Waals surface area contributed by atoms with E-state index in [1.54, 1.807) is 7.11 Å². The number of hydrogen-bond donors (Lipinski definition) is 3. The average Bonchev–Trinajstić information content (AvgIpc) is 3.45. The Labute approximate surface area is 322 Å². The molecule has 13 heteroatoms. The van der Waals surface area contributed by atoms with Gasteiger partial charge in [-0.3, -0.25) is 14.2 Å². The molecule has 4 aliphatic rings. The maximum absolute atomic E-state index is 14.7. The van der Waals surface area contributed by atoms with Crippen molar-refractivity contribution in [2.24, 2.45) is 5.92 Å². The van der Waals surface area contributed by atoms with Gasteiger partial charge in [-0.25, -0.2) is 9.78 Å². The number of hydrogen-bond acceptors (Lipinski definition) is 8. The number of nitrogens with zero attached hydrogens (tertiary/aromatic N) is 2. The standard InChI is InChI=1S/C42H53N4O8P/c1-3-22-55(50,51)42-26-29(42)16-10-5-4-6-11-19-34(44-41(49)54-30-17-12-13-18-30)40(48)46-27-32(24-37(46)39(47)45-42)53-38-25-35(28-14-8-7-9-15-28)43-36-23-31(52-2)20-21-33(36)38/h7-10,14-16,20-21,23,25,29-30,32,34,37H,3-6,11-13,17-19,22,24,26-27H2,1-2H3,(H,44,49)(H,45,47)(H,50,51)/t29-,32-,34+,37+,42+/m1/s1. The van der Waals surface area contributed by atoms with Gasteiger partial charge in [0, 0.05) is 41.6 Å². The zero-order valence-electron chi connectivity index (χ0n) is 31.8. The van der Waals surface area contributed by atoms with E-state index in [4.69, 9.17) is 19.2 Å². The van der Waals surface area contributed by atoms with Gasteiger partial charge in [0.1, 0.15) is 41.1 Å². The van der Waals surface area contributed by atoms with Crippen LogP contribution in [0, 0.1) is 5.92 Å². The Morgan fingerprint density at radius 1 is 1.04 bits per heavy atom. The van der Waals surface area contributed by atoms with Crippen LogP contribution in [0.25, 0.3) is 22.2 Å². The molecule has 0 spiro atoms. The lowest BCUT2D eigenvalue weighted by molar-refractivity contribution is -0.140. The zero-order valence-corrected chi connectivity index (χ0v) is 32.7. The van der Waals surface area contributed by atoms with Gasteiger partial charge < -0.3 is 34.6 Å². The highest BCUT2D eigenvalue weighted by molar-refractivity contribution is 7.60. The molecule has 0 radical (unpaired) electrons. The zero-order chi connectivity index (χ0) is 38.6. The van der Waals surface area contributed by atoms with Crippen LogP contribution in [0.3, 0.4) is 0 Å². The van der Waals surface area contributed by atoms with Gasteiger partial charge in [0.25, 0.3) is 0 Å². The van der Waals surface area contributed by atoms with E-state index in [0.717, 1.165) is 55.9 Å². The number of fused-ring (bicyclic) bond motifs is 3. The number of aromatic nitrogens is 1. The number of alkyl carbamates (subject to hydrolysis) is 1. The van der Waals surface area contributed by atoms with Crippen LogP contribution in [0.4, 0.5) is 4.79 Å². The summed E-state index contributed by atoms with van der Waals surface area (Å²) in [5.41, 5.74) is 2.24. The van der Waals surface area contributed by atoms with Gasteiger partial charge in [-0.15, -0.1) is 0 Å². The smallest absolute Gasteiger partial charge is 0.408 e. The second kappa shape index (κ2) is 16.8. The summed E-state index contributed by atoms with van der Waals surface area (Å²) in [6.07, 6.45) is 10.7. The Morgan fingerprint density at radius 2 is 1.82 bits per heavy atom. The number of benzene rings is 2. The van der Waals surface area contributed by atoms with Crippen LogP contribution in [0.15, 0.2) is 66.7 Å². The first-order chi connectivity index (χ1) is 26.6. The number of allylic oxidation sites excluding steroid dienone is 1. The lowest BCUT2D eigenvalue weighted by atomic mass is 10.0. The second-order valence-corrected chi connectivity index (χ2v) is 18.1. The third-order valence-corrected chi connectivity index (χ3v) is 14.5. The van der Waals surface area contributed by atoms with Crippen LogP contribution in [0.2, 0.25) is 0 Å². The fourth-order valence-electron chi connectivity index (χ4n) is 8.49. The summed E-state index contributed by atoms with van der Waals surface area (Å²) in [5.74, 6) is -0.00987. The third-order valence-electron chi connectivity index (χ3n) is 11.6. The number of methoxy groups -OCH3 is 1. The van der Waals surface area contributed by atoms with E-state index in [9.17, 15) is 23.8 Å². The highest BCUT2D eigenvalue weighted by Crippen LogP contribution is 2.69. The first-order valence-electron chi connectivity index (χ1n) is 19.9. The molecule has 2 aliphatic heterocycles. The molecule has 0 bridgehead atoms. The SMILES string of the molecule is CCCP(=O)(O)[C@@]12C[C@H]1C=CCCCCC[C@H](NC(=O)OC1CCCC1)C(=O)N1C[C@H](Oc3cc(-c4ccccc4)nc4cc(OC)ccc34)C[C@H]1C(=O)N2. The van der Waals surface area contributed by atoms with Gasteiger partial charge in [-0.1, -0.05) is 62.2 Å². The fourth-order valence-corrected chi connectivity index (χ4v) is 10.9. The Morgan fingerprint density at radius 3 is 2.58 bits per heavy atom. The highest BCUT2D eigenvalue weighted by Gasteiger charge is 2.65. The van der Waals surface area contributed by atoms with E-state index in [0.29, 0.717) is 48.4 Å². The van der Waals surface area contributed by atoms with E-state index in [1.165, 1.54) is 4.90 Å². The third kappa shape index (κ3) is 8.55. The predicted octanol–water partition coefficient (Wildman–Crippen LogP) is 7.33. The molecule has 12 nitrogen and oxygen atoms in total. The minimum Gasteiger partial charge on any atom is -0.497 e. The normalized spacial score (nSPS) is 27.2. The van der Waals surface area contributed by atoms with Gasteiger partial charge in [-0.2, -0.15) is 0 Å². The molecule has 1 aromatic heterocycles. The number of carbonyl (C=O) groups is 3. The molecule has 3 N–H and O–H groups in total. The molecule has 1 unspecified atom stereocenters. The highest BCUT2D eigenvalue weighted by atomic mass is 31.2. The van der Waals surface area contributed by atoms with Crippen LogP contribution in [0.1, 0.15) is 84.0 Å². The molecular weight excluding hydrogens is 719 g/mol. The molecule has 3 heterocycles. The van der Waals surface area contributed by atoms with Crippen LogP contribution >= 0.6 is 7.37 Å². The molecule has 2 aromatic carbocycles. The van der Waals surface area contributed by atoms with Gasteiger partial charge in [0.05, 0.1) is 24.9 Å². The molecular formula is C42H53N4O8P. The van der Waals surface area contributed by atoms with Gasteiger partial charge in [0.15, 0.2) is 0 Å². The van der Waals surface area contributed by atoms with Crippen LogP contribution < -0.4 is 20.1 Å². The monoisotopic (exact) mass is 772 g/mol. The van der Waals surface area contributed by atoms with Crippen LogP contribution in [-0.4, -0.2) is 82.1 Å². The van der Waals surface area contributed by atoms with Crippen LogP contribution in [0.5, 0.6) is 11.5 Å². The first kappa shape index (κ1) is 38.8. The molecule has 294 valence electrons. The summed E-state index contributed by atoms with van der Waals surface area (Å²) in [6, 6.07) is 15.2. The lowest BCUT2D eigenvalue weighted by Gasteiger charge is -2.31. The molecule has 2 aliphatic carbocycles. The molecule has 6 atom stereocenters. The van der Waals surface area contributed by atoms with E-state index in [2.05, 4.69) is 10.6 Å². The Bertz CT molecular complexity index is 1950. The fraction of sp³-hybridized carbons (Fsp3) is 0.524. The minimum atomic E-state index is -3.82. The van der Waals surface area contributed by atoms with Gasteiger partial charge in [0.2, 0.25) is 19.2 Å². The molecule has 1 saturated heterocycles. The Hall–Kier alpha value is -4.41. The van der Waals surface area contributed by atoms with E-state index >= 15 is 0 Å². The summed E-state index contributed by atoms with van der Waals surface area (Å²) < 4.78 is 31.9. The van der Waals surface area contributed by atoms with Gasteiger partial charge >= 0.3 is 6.09 Å². The number of nitrogens with one attached hydrogen (secondary N) is 2. The van der Waals surface area contributed by atoms with E-state index in [1.807, 2.05) is 73.7 Å². The van der Waals surface area contributed by atoms with Gasteiger partial charge in [-0.05, 0) is 69.9 Å². The summed E-state index contributed by atoms with van der Waals surface area (Å²) in [6.45, 7) is 1.92. The van der Waals surface area contributed by atoms with Crippen molar-refractivity contribution in [2.75, 3.05) is 19.8 Å². The quantitative estimate of drug-likeness (QED) is 0.150. The summed E-state index contributed by atoms with van der Waals surface area (Å²) in [7, 11) is -2.22. The lowest BCUT2D eigenvalue weighted by Crippen LogP contribution is -2.55. The minimum absolute atomic E-state index is 0.0650. The number of ether oxygens (including phenoxy) is 3. The maximum atomic E-state index is 14.7. The van der Waals surface area contributed by atoms with Crippen molar-refractivity contribution in [3.8, 4) is 22.8 Å². The molecule has 7 rings (SSSR count). The molecule has 3 amide bonds. The average molecular weight is 773 g/mol. The Kier molecular flexibility index (Phi) is 11.8. The van der Waals surface area contributed by atoms with Crippen molar-refractivity contribution >= 4 is 36.2 Å². The van der Waals surface area contributed by atoms with Crippen molar-refractivity contribution in [1.29, 1.82) is 0 Å². The molecule has 55 heavy (non-hydrogen) atoms. The van der Waals surface area contributed by atoms with E-state index < -0.39 is 48.7 Å². The van der Waals surface area contributed by atoms with Crippen LogP contribution in [-0.2, 0) is 18.9 Å². The number of amides is 3. The second-order valence-electron chi connectivity index (χ2n) is 15.5. The molecule has 2 saturated carbocycles. The summed E-state index contributed by atoms with van der Waals surface area (Å²) >= 11 is 0. The maximum Gasteiger partial charge on any atom is 0.408 e. The number of pyridine rings is 1. The topological polar surface area (TPSA) is 156 Å². The summed E-state index contributed by atoms with van der Waals surface area (Å²) in [4.78, 5) is 60.1. The van der Waals surface area contributed by atoms with Crippen molar-refractivity contribution in [3.63, 3.8) is 0 Å². The van der Waals surface area contributed by atoms with Crippen molar-refractivity contribution in [3.05, 3.63) is 66.7 Å². The molecule has 3 fully saturated rings. The largest absolute Gasteiger partial charge is 0.497 e. The first-order valence-corrected chi connectivity index (χ1v) is 21.7. The van der Waals surface area contributed by atoms with Crippen molar-refractivity contribution in [1.82, 2.24) is 20.5 Å². The summed E-state index contributed by atoms with van der Waals surface area (Å²) in [5, 5.41) is 5.33. The molecule has 3 aromatic rings. The van der Waals surface area contributed by atoms with Crippen molar-refractivity contribution < 1.29 is 38.1 Å². The predicted molar refractivity (Wildman–Crippen MR) is 210 cm³/mol.